The summed E-state index contributed by atoms with van der Waals surface area (Å²) in [5.74, 6) is 1.78. The number of hydrogen-bond acceptors (Lipinski definition) is 0. The summed E-state index contributed by atoms with van der Waals surface area (Å²) in [6.45, 7) is 4.56. The van der Waals surface area contributed by atoms with Crippen molar-refractivity contribution in [2.45, 2.75) is 58.8 Å². The van der Waals surface area contributed by atoms with Gasteiger partial charge in [0.1, 0.15) is 0 Å². The van der Waals surface area contributed by atoms with Crippen LogP contribution in [0.15, 0.2) is 0 Å². The van der Waals surface area contributed by atoms with Gasteiger partial charge in [-0.2, -0.15) is 0 Å². The van der Waals surface area contributed by atoms with Gasteiger partial charge in [-0.1, -0.05) is 46.0 Å². The Morgan fingerprint density at radius 1 is 1.00 bits per heavy atom. The van der Waals surface area contributed by atoms with Crippen molar-refractivity contribution in [3.05, 3.63) is 0 Å². The van der Waals surface area contributed by atoms with Crippen molar-refractivity contribution < 1.29 is 0 Å². The summed E-state index contributed by atoms with van der Waals surface area (Å²) in [5, 5.41) is 0. The first-order chi connectivity index (χ1) is 5.85. The second-order valence-corrected chi connectivity index (χ2v) is 3.98. The van der Waals surface area contributed by atoms with Gasteiger partial charge in [0.2, 0.25) is 0 Å². The molecule has 0 N–H and O–H groups in total. The van der Waals surface area contributed by atoms with E-state index >= 15 is 0 Å². The largest absolute Gasteiger partial charge is 0.127 e. The molecule has 0 aliphatic carbocycles. The second kappa shape index (κ2) is 9.38. The van der Waals surface area contributed by atoms with Crippen molar-refractivity contribution >= 4 is 11.6 Å². The third-order valence-corrected chi connectivity index (χ3v) is 2.81. The Hall–Kier alpha value is 0.290. The van der Waals surface area contributed by atoms with Crippen LogP contribution in [0.3, 0.4) is 0 Å². The molecule has 0 saturated heterocycles. The van der Waals surface area contributed by atoms with Crippen LogP contribution in [-0.2, 0) is 0 Å². The average molecular weight is 191 g/mol. The molecule has 0 fully saturated rings. The third kappa shape index (κ3) is 6.97. The highest BCUT2D eigenvalue weighted by atomic mass is 35.5. The van der Waals surface area contributed by atoms with Crippen molar-refractivity contribution in [2.24, 2.45) is 5.92 Å². The standard InChI is InChI=1S/C11H23Cl/c1-3-5-6-8-11(4-2)9-7-10-12/h11H,3-10H2,1-2H3. The summed E-state index contributed by atoms with van der Waals surface area (Å²) in [6, 6.07) is 0. The van der Waals surface area contributed by atoms with E-state index in [-0.39, 0.29) is 0 Å². The molecule has 0 aromatic rings. The van der Waals surface area contributed by atoms with Crippen LogP contribution in [-0.4, -0.2) is 5.88 Å². The number of halogens is 1. The van der Waals surface area contributed by atoms with Crippen LogP contribution in [0.25, 0.3) is 0 Å². The Kier molecular flexibility index (Phi) is 9.61. The molecule has 0 radical (unpaired) electrons. The molecular formula is C11H23Cl. The SMILES string of the molecule is CCCCCC(CC)CCCCl. The van der Waals surface area contributed by atoms with E-state index in [9.17, 15) is 0 Å². The van der Waals surface area contributed by atoms with E-state index in [0.29, 0.717) is 0 Å². The van der Waals surface area contributed by atoms with E-state index < -0.39 is 0 Å². The molecule has 0 aromatic carbocycles. The van der Waals surface area contributed by atoms with E-state index in [1.165, 1.54) is 44.9 Å². The van der Waals surface area contributed by atoms with Crippen LogP contribution in [0.2, 0.25) is 0 Å². The van der Waals surface area contributed by atoms with E-state index in [2.05, 4.69) is 13.8 Å². The Labute approximate surface area is 82.7 Å². The summed E-state index contributed by atoms with van der Waals surface area (Å²) >= 11 is 5.66. The molecular weight excluding hydrogens is 168 g/mol. The highest BCUT2D eigenvalue weighted by Gasteiger charge is 2.04. The summed E-state index contributed by atoms with van der Waals surface area (Å²) < 4.78 is 0. The Morgan fingerprint density at radius 2 is 1.67 bits per heavy atom. The van der Waals surface area contributed by atoms with Crippen molar-refractivity contribution in [2.75, 3.05) is 5.88 Å². The first-order valence-electron chi connectivity index (χ1n) is 5.41. The molecule has 0 aliphatic heterocycles. The lowest BCUT2D eigenvalue weighted by molar-refractivity contribution is 0.413. The zero-order valence-corrected chi connectivity index (χ0v) is 9.37. The maximum atomic E-state index is 5.66. The van der Waals surface area contributed by atoms with Crippen molar-refractivity contribution in [3.63, 3.8) is 0 Å². The summed E-state index contributed by atoms with van der Waals surface area (Å²) in [5.41, 5.74) is 0. The molecule has 1 atom stereocenters. The smallest absolute Gasteiger partial charge is 0.0223 e. The average Bonchev–Trinajstić information content (AvgIpc) is 2.11. The van der Waals surface area contributed by atoms with Gasteiger partial charge in [-0.15, -0.1) is 11.6 Å². The molecule has 0 aromatic heterocycles. The summed E-state index contributed by atoms with van der Waals surface area (Å²) in [4.78, 5) is 0. The maximum absolute atomic E-state index is 5.66. The fourth-order valence-electron chi connectivity index (χ4n) is 1.60. The van der Waals surface area contributed by atoms with Crippen molar-refractivity contribution in [1.82, 2.24) is 0 Å². The predicted molar refractivity (Wildman–Crippen MR) is 57.9 cm³/mol. The Balaban J connectivity index is 3.26. The highest BCUT2D eigenvalue weighted by molar-refractivity contribution is 6.17. The lowest BCUT2D eigenvalue weighted by atomic mass is 9.94. The monoisotopic (exact) mass is 190 g/mol. The molecule has 0 rings (SSSR count). The molecule has 1 heteroatoms. The minimum Gasteiger partial charge on any atom is -0.127 e. The van der Waals surface area contributed by atoms with Gasteiger partial charge in [0.25, 0.3) is 0 Å². The Morgan fingerprint density at radius 3 is 2.17 bits per heavy atom. The van der Waals surface area contributed by atoms with Gasteiger partial charge in [-0.05, 0) is 18.8 Å². The van der Waals surface area contributed by atoms with Gasteiger partial charge in [-0.25, -0.2) is 0 Å². The fourth-order valence-corrected chi connectivity index (χ4v) is 1.76. The first-order valence-corrected chi connectivity index (χ1v) is 5.94. The molecule has 0 bridgehead atoms. The van der Waals surface area contributed by atoms with Crippen LogP contribution < -0.4 is 0 Å². The van der Waals surface area contributed by atoms with E-state index in [1.54, 1.807) is 0 Å². The summed E-state index contributed by atoms with van der Waals surface area (Å²) in [7, 11) is 0. The molecule has 0 heterocycles. The normalized spacial score (nSPS) is 13.2. The van der Waals surface area contributed by atoms with Gasteiger partial charge in [0.15, 0.2) is 0 Å². The molecule has 0 amide bonds. The molecule has 0 spiro atoms. The zero-order chi connectivity index (χ0) is 9.23. The minimum absolute atomic E-state index is 0.838. The van der Waals surface area contributed by atoms with Crippen LogP contribution in [0.5, 0.6) is 0 Å². The van der Waals surface area contributed by atoms with Crippen molar-refractivity contribution in [1.29, 1.82) is 0 Å². The molecule has 0 aliphatic rings. The first kappa shape index (κ1) is 12.3. The zero-order valence-electron chi connectivity index (χ0n) is 8.61. The maximum Gasteiger partial charge on any atom is 0.0223 e. The van der Waals surface area contributed by atoms with Crippen LogP contribution in [0, 0.1) is 5.92 Å². The predicted octanol–water partition coefficient (Wildman–Crippen LogP) is 4.61. The molecule has 12 heavy (non-hydrogen) atoms. The van der Waals surface area contributed by atoms with Gasteiger partial charge in [0, 0.05) is 5.88 Å². The molecule has 74 valence electrons. The lowest BCUT2D eigenvalue weighted by Crippen LogP contribution is -1.99. The Bertz CT molecular complexity index is 81.1. The van der Waals surface area contributed by atoms with Crippen molar-refractivity contribution in [3.8, 4) is 0 Å². The number of hydrogen-bond donors (Lipinski definition) is 0. The number of unbranched alkanes of at least 4 members (excludes halogenated alkanes) is 2. The van der Waals surface area contributed by atoms with Crippen LogP contribution in [0.1, 0.15) is 58.8 Å². The fraction of sp³-hybridized carbons (Fsp3) is 1.00. The molecule has 0 nitrogen and oxygen atoms in total. The van der Waals surface area contributed by atoms with Gasteiger partial charge in [0.05, 0.1) is 0 Å². The van der Waals surface area contributed by atoms with Gasteiger partial charge in [-0.3, -0.25) is 0 Å². The quantitative estimate of drug-likeness (QED) is 0.387. The van der Waals surface area contributed by atoms with Gasteiger partial charge >= 0.3 is 0 Å². The number of alkyl halides is 1. The lowest BCUT2D eigenvalue weighted by Gasteiger charge is -2.12. The second-order valence-electron chi connectivity index (χ2n) is 3.60. The van der Waals surface area contributed by atoms with Gasteiger partial charge < -0.3 is 0 Å². The minimum atomic E-state index is 0.838. The van der Waals surface area contributed by atoms with E-state index in [4.69, 9.17) is 11.6 Å². The molecule has 1 unspecified atom stereocenters. The number of rotatable bonds is 8. The van der Waals surface area contributed by atoms with E-state index in [1.807, 2.05) is 0 Å². The highest BCUT2D eigenvalue weighted by Crippen LogP contribution is 2.18. The topological polar surface area (TPSA) is 0 Å². The van der Waals surface area contributed by atoms with E-state index in [0.717, 1.165) is 11.8 Å². The molecule has 0 saturated carbocycles. The summed E-state index contributed by atoms with van der Waals surface area (Å²) in [6.07, 6.45) is 9.44. The van der Waals surface area contributed by atoms with Crippen LogP contribution >= 0.6 is 11.6 Å². The third-order valence-electron chi connectivity index (χ3n) is 2.54. The van der Waals surface area contributed by atoms with Crippen LogP contribution in [0.4, 0.5) is 0 Å².